The van der Waals surface area contributed by atoms with E-state index in [2.05, 4.69) is 41.6 Å². The van der Waals surface area contributed by atoms with E-state index in [4.69, 9.17) is 5.26 Å². The highest BCUT2D eigenvalue weighted by atomic mass is 16.1. The van der Waals surface area contributed by atoms with Crippen molar-refractivity contribution in [2.75, 3.05) is 10.6 Å². The average molecular weight is 356 g/mol. The van der Waals surface area contributed by atoms with Crippen molar-refractivity contribution < 1.29 is 4.79 Å². The molecule has 0 unspecified atom stereocenters. The third kappa shape index (κ3) is 4.50. The molecule has 0 spiro atoms. The predicted molar refractivity (Wildman–Crippen MR) is 107 cm³/mol. The van der Waals surface area contributed by atoms with Crippen LogP contribution >= 0.6 is 0 Å². The lowest BCUT2D eigenvalue weighted by atomic mass is 10.0. The largest absolute Gasteiger partial charge is 0.355 e. The van der Waals surface area contributed by atoms with Gasteiger partial charge in [0.25, 0.3) is 5.91 Å². The minimum Gasteiger partial charge on any atom is -0.355 e. The highest BCUT2D eigenvalue weighted by molar-refractivity contribution is 6.03. The van der Waals surface area contributed by atoms with Crippen LogP contribution in [0.1, 0.15) is 41.4 Å². The van der Waals surface area contributed by atoms with Gasteiger partial charge in [0, 0.05) is 23.3 Å². The van der Waals surface area contributed by atoms with Gasteiger partial charge in [0.2, 0.25) is 0 Å². The molecule has 2 aromatic carbocycles. The molecule has 134 valence electrons. The maximum Gasteiger partial charge on any atom is 0.274 e. The molecule has 0 aliphatic carbocycles. The molecule has 0 fully saturated rings. The number of amides is 1. The SMILES string of the molecule is CC(C)c1ccccc1Nc1ccnc(C(=O)Nc2cccc(C#N)c2)c1. The van der Waals surface area contributed by atoms with Crippen molar-refractivity contribution in [2.24, 2.45) is 0 Å². The number of aromatic nitrogens is 1. The number of hydrogen-bond acceptors (Lipinski definition) is 4. The van der Waals surface area contributed by atoms with Crippen molar-refractivity contribution in [1.29, 1.82) is 5.26 Å². The molecular weight excluding hydrogens is 336 g/mol. The first-order valence-electron chi connectivity index (χ1n) is 8.70. The summed E-state index contributed by atoms with van der Waals surface area (Å²) in [5.74, 6) is 0.0524. The quantitative estimate of drug-likeness (QED) is 0.669. The van der Waals surface area contributed by atoms with Crippen LogP contribution in [0.3, 0.4) is 0 Å². The fraction of sp³-hybridized carbons (Fsp3) is 0.136. The highest BCUT2D eigenvalue weighted by Gasteiger charge is 2.11. The fourth-order valence-corrected chi connectivity index (χ4v) is 2.76. The first-order valence-corrected chi connectivity index (χ1v) is 8.70. The summed E-state index contributed by atoms with van der Waals surface area (Å²) in [7, 11) is 0. The van der Waals surface area contributed by atoms with E-state index in [1.807, 2.05) is 24.3 Å². The monoisotopic (exact) mass is 356 g/mol. The molecule has 0 atom stereocenters. The number of nitriles is 1. The van der Waals surface area contributed by atoms with E-state index in [-0.39, 0.29) is 5.91 Å². The predicted octanol–water partition coefficient (Wildman–Crippen LogP) is 5.07. The van der Waals surface area contributed by atoms with Crippen LogP contribution in [-0.2, 0) is 0 Å². The molecule has 5 nitrogen and oxygen atoms in total. The van der Waals surface area contributed by atoms with Gasteiger partial charge in [-0.2, -0.15) is 5.26 Å². The first-order chi connectivity index (χ1) is 13.1. The number of carbonyl (C=O) groups is 1. The van der Waals surface area contributed by atoms with E-state index < -0.39 is 0 Å². The van der Waals surface area contributed by atoms with Crippen molar-refractivity contribution >= 4 is 23.0 Å². The summed E-state index contributed by atoms with van der Waals surface area (Å²) in [6.45, 7) is 4.28. The maximum absolute atomic E-state index is 12.5. The summed E-state index contributed by atoms with van der Waals surface area (Å²) >= 11 is 0. The Kier molecular flexibility index (Phi) is 5.48. The van der Waals surface area contributed by atoms with Crippen molar-refractivity contribution in [3.63, 3.8) is 0 Å². The molecular formula is C22H20N4O. The van der Waals surface area contributed by atoms with E-state index >= 15 is 0 Å². The zero-order valence-corrected chi connectivity index (χ0v) is 15.2. The summed E-state index contributed by atoms with van der Waals surface area (Å²) in [6, 6.07) is 20.5. The van der Waals surface area contributed by atoms with E-state index in [0.717, 1.165) is 11.4 Å². The van der Waals surface area contributed by atoms with Crippen LogP contribution in [0.15, 0.2) is 66.9 Å². The molecule has 0 radical (unpaired) electrons. The van der Waals surface area contributed by atoms with Gasteiger partial charge >= 0.3 is 0 Å². The number of anilines is 3. The van der Waals surface area contributed by atoms with Crippen LogP contribution in [0.5, 0.6) is 0 Å². The van der Waals surface area contributed by atoms with Gasteiger partial charge in [0.15, 0.2) is 0 Å². The number of benzene rings is 2. The van der Waals surface area contributed by atoms with Gasteiger partial charge < -0.3 is 10.6 Å². The lowest BCUT2D eigenvalue weighted by Gasteiger charge is -2.15. The van der Waals surface area contributed by atoms with Crippen LogP contribution in [0, 0.1) is 11.3 Å². The van der Waals surface area contributed by atoms with Crippen LogP contribution in [0.2, 0.25) is 0 Å². The number of nitrogens with zero attached hydrogens (tertiary/aromatic N) is 2. The highest BCUT2D eigenvalue weighted by Crippen LogP contribution is 2.27. The molecule has 3 rings (SSSR count). The summed E-state index contributed by atoms with van der Waals surface area (Å²) in [5, 5.41) is 15.1. The van der Waals surface area contributed by atoms with Crippen molar-refractivity contribution in [1.82, 2.24) is 4.98 Å². The molecule has 1 amide bonds. The van der Waals surface area contributed by atoms with Crippen LogP contribution < -0.4 is 10.6 Å². The molecule has 27 heavy (non-hydrogen) atoms. The van der Waals surface area contributed by atoms with E-state index in [1.165, 1.54) is 5.56 Å². The molecule has 1 heterocycles. The normalized spacial score (nSPS) is 10.3. The standard InChI is InChI=1S/C22H20N4O/c1-15(2)19-8-3-4-9-20(19)25-18-10-11-24-21(13-18)22(27)26-17-7-5-6-16(12-17)14-23/h3-13,15H,1-2H3,(H,24,25)(H,26,27). The smallest absolute Gasteiger partial charge is 0.274 e. The Morgan fingerprint density at radius 1 is 1.04 bits per heavy atom. The number of pyridine rings is 1. The summed E-state index contributed by atoms with van der Waals surface area (Å²) < 4.78 is 0. The lowest BCUT2D eigenvalue weighted by Crippen LogP contribution is -2.14. The zero-order valence-electron chi connectivity index (χ0n) is 15.2. The summed E-state index contributed by atoms with van der Waals surface area (Å²) in [4.78, 5) is 16.7. The van der Waals surface area contributed by atoms with Gasteiger partial charge in [0.05, 0.1) is 11.6 Å². The van der Waals surface area contributed by atoms with Gasteiger partial charge in [-0.05, 0) is 47.9 Å². The molecule has 3 aromatic rings. The molecule has 5 heteroatoms. The maximum atomic E-state index is 12.5. The number of para-hydroxylation sites is 1. The fourth-order valence-electron chi connectivity index (χ4n) is 2.76. The second-order valence-electron chi connectivity index (χ2n) is 6.44. The Balaban J connectivity index is 1.79. The number of nitrogens with one attached hydrogen (secondary N) is 2. The van der Waals surface area contributed by atoms with Gasteiger partial charge in [-0.3, -0.25) is 9.78 Å². The van der Waals surface area contributed by atoms with Crippen molar-refractivity contribution in [3.8, 4) is 6.07 Å². The lowest BCUT2D eigenvalue weighted by molar-refractivity contribution is 0.102. The molecule has 0 aliphatic heterocycles. The van der Waals surface area contributed by atoms with Crippen LogP contribution in [-0.4, -0.2) is 10.9 Å². The van der Waals surface area contributed by atoms with Crippen LogP contribution in [0.4, 0.5) is 17.1 Å². The van der Waals surface area contributed by atoms with E-state index in [1.54, 1.807) is 36.5 Å². The Morgan fingerprint density at radius 2 is 1.85 bits per heavy atom. The Labute approximate surface area is 158 Å². The second-order valence-corrected chi connectivity index (χ2v) is 6.44. The minimum absolute atomic E-state index is 0.296. The van der Waals surface area contributed by atoms with Gasteiger partial charge in [-0.25, -0.2) is 0 Å². The molecule has 1 aromatic heterocycles. The Bertz CT molecular complexity index is 1000. The molecule has 0 aliphatic rings. The second kappa shape index (κ2) is 8.15. The van der Waals surface area contributed by atoms with Gasteiger partial charge in [-0.15, -0.1) is 0 Å². The van der Waals surface area contributed by atoms with E-state index in [0.29, 0.717) is 22.9 Å². The average Bonchev–Trinajstić information content (AvgIpc) is 2.68. The molecule has 2 N–H and O–H groups in total. The third-order valence-corrected chi connectivity index (χ3v) is 4.10. The summed E-state index contributed by atoms with van der Waals surface area (Å²) in [6.07, 6.45) is 1.60. The van der Waals surface area contributed by atoms with Crippen molar-refractivity contribution in [2.45, 2.75) is 19.8 Å². The topological polar surface area (TPSA) is 77.8 Å². The zero-order chi connectivity index (χ0) is 19.2. The summed E-state index contributed by atoms with van der Waals surface area (Å²) in [5.41, 5.74) is 4.34. The van der Waals surface area contributed by atoms with Gasteiger partial charge in [-0.1, -0.05) is 38.1 Å². The van der Waals surface area contributed by atoms with E-state index in [9.17, 15) is 4.79 Å². The first kappa shape index (κ1) is 18.2. The third-order valence-electron chi connectivity index (χ3n) is 4.10. The van der Waals surface area contributed by atoms with Crippen molar-refractivity contribution in [3.05, 3.63) is 83.7 Å². The molecule has 0 saturated heterocycles. The minimum atomic E-state index is -0.328. The molecule has 0 bridgehead atoms. The Hall–Kier alpha value is -3.65. The van der Waals surface area contributed by atoms with Gasteiger partial charge in [0.1, 0.15) is 5.69 Å². The van der Waals surface area contributed by atoms with Crippen LogP contribution in [0.25, 0.3) is 0 Å². The number of carbonyl (C=O) groups excluding carboxylic acids is 1. The molecule has 0 saturated carbocycles. The Morgan fingerprint density at radius 3 is 2.63 bits per heavy atom. The number of rotatable bonds is 5. The number of hydrogen-bond donors (Lipinski definition) is 2.